The van der Waals surface area contributed by atoms with Gasteiger partial charge in [-0.2, -0.15) is 0 Å². The van der Waals surface area contributed by atoms with E-state index in [2.05, 4.69) is 34.5 Å². The molecule has 21 heavy (non-hydrogen) atoms. The van der Waals surface area contributed by atoms with E-state index in [1.54, 1.807) is 0 Å². The predicted molar refractivity (Wildman–Crippen MR) is 83.3 cm³/mol. The van der Waals surface area contributed by atoms with Gasteiger partial charge in [-0.15, -0.1) is 0 Å². The summed E-state index contributed by atoms with van der Waals surface area (Å²) in [6, 6.07) is 8.61. The molecule has 0 aliphatic carbocycles. The van der Waals surface area contributed by atoms with Gasteiger partial charge in [-0.25, -0.2) is 0 Å². The van der Waals surface area contributed by atoms with Gasteiger partial charge >= 0.3 is 0 Å². The van der Waals surface area contributed by atoms with Crippen molar-refractivity contribution in [2.24, 2.45) is 0 Å². The monoisotopic (exact) mass is 290 g/mol. The largest absolute Gasteiger partial charge is 0.389 e. The van der Waals surface area contributed by atoms with E-state index in [1.165, 1.54) is 11.1 Å². The van der Waals surface area contributed by atoms with Crippen LogP contribution in [0.1, 0.15) is 24.0 Å². The van der Waals surface area contributed by atoms with E-state index < -0.39 is 0 Å². The second-order valence-corrected chi connectivity index (χ2v) is 6.19. The number of β-amino-alcohol motifs (C(OH)–C–C–N with tert-alkyl or cyclic N) is 1. The fourth-order valence-corrected chi connectivity index (χ4v) is 3.27. The average molecular weight is 290 g/mol. The smallest absolute Gasteiger partial charge is 0.0900 e. The molecule has 3 rings (SSSR count). The van der Waals surface area contributed by atoms with Gasteiger partial charge in [-0.3, -0.25) is 4.90 Å². The minimum absolute atomic E-state index is 0.322. The summed E-state index contributed by atoms with van der Waals surface area (Å²) in [5.41, 5.74) is 2.85. The highest BCUT2D eigenvalue weighted by atomic mass is 16.5. The van der Waals surface area contributed by atoms with Gasteiger partial charge in [0.15, 0.2) is 0 Å². The van der Waals surface area contributed by atoms with Gasteiger partial charge in [0.2, 0.25) is 0 Å². The molecule has 0 spiro atoms. The van der Waals surface area contributed by atoms with Crippen LogP contribution in [-0.2, 0) is 17.7 Å². The second-order valence-electron chi connectivity index (χ2n) is 6.19. The Labute approximate surface area is 127 Å². The number of benzene rings is 1. The molecule has 1 saturated heterocycles. The molecule has 0 amide bonds. The number of hydrogen-bond acceptors (Lipinski definition) is 4. The molecule has 1 aromatic carbocycles. The Bertz CT molecular complexity index is 446. The van der Waals surface area contributed by atoms with E-state index in [4.69, 9.17) is 4.74 Å². The van der Waals surface area contributed by atoms with Crippen LogP contribution in [0.4, 0.5) is 0 Å². The third kappa shape index (κ3) is 4.27. The molecule has 2 N–H and O–H groups in total. The number of fused-ring (bicyclic) bond motifs is 1. The second kappa shape index (κ2) is 7.36. The lowest BCUT2D eigenvalue weighted by Gasteiger charge is -2.31. The van der Waals surface area contributed by atoms with Crippen LogP contribution in [0.15, 0.2) is 24.3 Å². The molecular formula is C17H26N2O2. The Hall–Kier alpha value is -0.940. The molecule has 4 heteroatoms. The molecule has 1 fully saturated rings. The molecule has 0 aromatic heterocycles. The maximum absolute atomic E-state index is 10.2. The number of aliphatic hydroxyl groups is 1. The van der Waals surface area contributed by atoms with Crippen molar-refractivity contribution in [2.75, 3.05) is 32.8 Å². The summed E-state index contributed by atoms with van der Waals surface area (Å²) in [6.07, 6.45) is 3.14. The first-order chi connectivity index (χ1) is 10.3. The normalized spacial score (nSPS) is 22.0. The Morgan fingerprint density at radius 3 is 2.81 bits per heavy atom. The predicted octanol–water partition coefficient (Wildman–Crippen LogP) is 1.17. The van der Waals surface area contributed by atoms with Crippen molar-refractivity contribution in [1.29, 1.82) is 0 Å². The number of nitrogens with one attached hydrogen (secondary N) is 1. The van der Waals surface area contributed by atoms with Crippen molar-refractivity contribution >= 4 is 0 Å². The Morgan fingerprint density at radius 1 is 1.24 bits per heavy atom. The maximum Gasteiger partial charge on any atom is 0.0900 e. The van der Waals surface area contributed by atoms with Gasteiger partial charge in [0.1, 0.15) is 0 Å². The summed E-state index contributed by atoms with van der Waals surface area (Å²) in [5.74, 6) is 0. The number of rotatable bonds is 5. The van der Waals surface area contributed by atoms with Crippen LogP contribution in [0.5, 0.6) is 0 Å². The standard InChI is InChI=1S/C17H26N2O2/c20-16(13-21-17-5-8-18-9-6-17)12-19-10-7-14-3-1-2-4-15(14)11-19/h1-4,16-18,20H,5-13H2. The summed E-state index contributed by atoms with van der Waals surface area (Å²) in [7, 11) is 0. The third-order valence-electron chi connectivity index (χ3n) is 4.49. The van der Waals surface area contributed by atoms with E-state index in [0.717, 1.165) is 45.4 Å². The van der Waals surface area contributed by atoms with Gasteiger partial charge in [-0.05, 0) is 43.5 Å². The lowest BCUT2D eigenvalue weighted by Crippen LogP contribution is -2.40. The summed E-state index contributed by atoms with van der Waals surface area (Å²) in [4.78, 5) is 2.33. The maximum atomic E-state index is 10.2. The molecule has 1 unspecified atom stereocenters. The Balaban J connectivity index is 1.42. The van der Waals surface area contributed by atoms with Crippen molar-refractivity contribution in [3.8, 4) is 0 Å². The lowest BCUT2D eigenvalue weighted by atomic mass is 10.00. The number of piperidine rings is 1. The van der Waals surface area contributed by atoms with Crippen LogP contribution in [0, 0.1) is 0 Å². The zero-order valence-electron chi connectivity index (χ0n) is 12.6. The first-order valence-electron chi connectivity index (χ1n) is 8.11. The molecule has 4 nitrogen and oxygen atoms in total. The molecule has 0 bridgehead atoms. The lowest BCUT2D eigenvalue weighted by molar-refractivity contribution is -0.0320. The van der Waals surface area contributed by atoms with Gasteiger partial charge in [-0.1, -0.05) is 24.3 Å². The zero-order chi connectivity index (χ0) is 14.5. The Morgan fingerprint density at radius 2 is 2.00 bits per heavy atom. The fourth-order valence-electron chi connectivity index (χ4n) is 3.27. The quantitative estimate of drug-likeness (QED) is 0.854. The van der Waals surface area contributed by atoms with E-state index in [0.29, 0.717) is 19.3 Å². The molecule has 116 valence electrons. The number of aliphatic hydroxyl groups excluding tert-OH is 1. The van der Waals surface area contributed by atoms with E-state index in [-0.39, 0.29) is 6.10 Å². The molecule has 0 saturated carbocycles. The third-order valence-corrected chi connectivity index (χ3v) is 4.49. The SMILES string of the molecule is OC(COC1CCNCC1)CN1CCc2ccccc2C1. The molecular weight excluding hydrogens is 264 g/mol. The van der Waals surface area contributed by atoms with Gasteiger partial charge in [0.25, 0.3) is 0 Å². The summed E-state index contributed by atoms with van der Waals surface area (Å²) < 4.78 is 5.84. The Kier molecular flexibility index (Phi) is 5.25. The number of hydrogen-bond donors (Lipinski definition) is 2. The average Bonchev–Trinajstić information content (AvgIpc) is 2.54. The molecule has 2 aliphatic rings. The highest BCUT2D eigenvalue weighted by Gasteiger charge is 2.20. The van der Waals surface area contributed by atoms with E-state index in [9.17, 15) is 5.11 Å². The van der Waals surface area contributed by atoms with E-state index >= 15 is 0 Å². The highest BCUT2D eigenvalue weighted by Crippen LogP contribution is 2.18. The summed E-state index contributed by atoms with van der Waals surface area (Å²) >= 11 is 0. The summed E-state index contributed by atoms with van der Waals surface area (Å²) in [5, 5.41) is 13.5. The van der Waals surface area contributed by atoms with Crippen LogP contribution < -0.4 is 5.32 Å². The summed E-state index contributed by atoms with van der Waals surface area (Å²) in [6.45, 7) is 5.21. The molecule has 1 aromatic rings. The van der Waals surface area contributed by atoms with Crippen molar-refractivity contribution in [2.45, 2.75) is 38.0 Å². The van der Waals surface area contributed by atoms with Crippen LogP contribution in [-0.4, -0.2) is 55.0 Å². The number of ether oxygens (including phenoxy) is 1. The first-order valence-corrected chi connectivity index (χ1v) is 8.11. The first kappa shape index (κ1) is 15.0. The van der Waals surface area contributed by atoms with Crippen molar-refractivity contribution < 1.29 is 9.84 Å². The van der Waals surface area contributed by atoms with Crippen LogP contribution in [0.2, 0.25) is 0 Å². The minimum Gasteiger partial charge on any atom is -0.389 e. The van der Waals surface area contributed by atoms with Crippen LogP contribution in [0.25, 0.3) is 0 Å². The van der Waals surface area contributed by atoms with E-state index in [1.807, 2.05) is 0 Å². The molecule has 1 atom stereocenters. The molecule has 2 aliphatic heterocycles. The molecule has 0 radical (unpaired) electrons. The number of nitrogens with zero attached hydrogens (tertiary/aromatic N) is 1. The van der Waals surface area contributed by atoms with Gasteiger partial charge in [0, 0.05) is 19.6 Å². The van der Waals surface area contributed by atoms with Gasteiger partial charge < -0.3 is 15.2 Å². The van der Waals surface area contributed by atoms with Gasteiger partial charge in [0.05, 0.1) is 18.8 Å². The topological polar surface area (TPSA) is 44.7 Å². The van der Waals surface area contributed by atoms with Crippen molar-refractivity contribution in [3.63, 3.8) is 0 Å². The minimum atomic E-state index is -0.384. The highest BCUT2D eigenvalue weighted by molar-refractivity contribution is 5.29. The fraction of sp³-hybridized carbons (Fsp3) is 0.647. The zero-order valence-corrected chi connectivity index (χ0v) is 12.6. The van der Waals surface area contributed by atoms with Crippen molar-refractivity contribution in [3.05, 3.63) is 35.4 Å². The van der Waals surface area contributed by atoms with Crippen LogP contribution >= 0.6 is 0 Å². The van der Waals surface area contributed by atoms with Crippen LogP contribution in [0.3, 0.4) is 0 Å². The molecule has 2 heterocycles. The van der Waals surface area contributed by atoms with Crippen molar-refractivity contribution in [1.82, 2.24) is 10.2 Å².